The molecule has 0 saturated heterocycles. The van der Waals surface area contributed by atoms with E-state index in [2.05, 4.69) is 539 Å². The second kappa shape index (κ2) is 45.9. The largest absolute Gasteiger partial charge is 0.0779 e. The normalized spacial score (nSPS) is 10.9. The number of benzene rings is 16. The molecule has 0 aliphatic rings. The van der Waals surface area contributed by atoms with Crippen LogP contribution >= 0.6 is 0 Å². The molecule has 125 heavy (non-hydrogen) atoms. The maximum absolute atomic E-state index is 2.41. The molecule has 16 aromatic rings. The van der Waals surface area contributed by atoms with Crippen molar-refractivity contribution in [1.82, 2.24) is 0 Å². The summed E-state index contributed by atoms with van der Waals surface area (Å²) < 4.78 is 0. The molecule has 4 heteroatoms. The number of aryl methyl sites for hydroxylation is 12. The van der Waals surface area contributed by atoms with Crippen LogP contribution in [0.1, 0.15) is 72.3 Å². The Labute approximate surface area is 759 Å². The summed E-state index contributed by atoms with van der Waals surface area (Å²) in [6, 6.07) is 137. The van der Waals surface area contributed by atoms with E-state index in [0.717, 1.165) is 0 Å². The van der Waals surface area contributed by atoms with Gasteiger partial charge >= 0.3 is 0 Å². The second-order valence-corrected chi connectivity index (χ2v) is 58.2. The molecule has 0 aromatic heterocycles. The van der Waals surface area contributed by atoms with Crippen LogP contribution in [0.3, 0.4) is 0 Å². The molecule has 0 aliphatic carbocycles. The van der Waals surface area contributed by atoms with Crippen LogP contribution in [0.2, 0.25) is 78.6 Å². The van der Waals surface area contributed by atoms with Gasteiger partial charge < -0.3 is 0 Å². The molecule has 16 rings (SSSR count). The van der Waals surface area contributed by atoms with E-state index >= 15 is 0 Å². The highest BCUT2D eigenvalue weighted by atomic mass is 28.3. The third-order valence-electron chi connectivity index (χ3n) is 22.9. The van der Waals surface area contributed by atoms with Gasteiger partial charge in [-0.05, 0) is 218 Å². The summed E-state index contributed by atoms with van der Waals surface area (Å²) in [5.41, 5.74) is 38.7. The predicted molar refractivity (Wildman–Crippen MR) is 569 cm³/mol. The van der Waals surface area contributed by atoms with Crippen molar-refractivity contribution in [3.05, 3.63) is 455 Å². The first kappa shape index (κ1) is 97.2. The van der Waals surface area contributed by atoms with Gasteiger partial charge in [-0.15, -0.1) is 0 Å². The molecule has 0 aliphatic heterocycles. The van der Waals surface area contributed by atoms with E-state index in [-0.39, 0.29) is 0 Å². The lowest BCUT2D eigenvalue weighted by molar-refractivity contribution is 1.27. The van der Waals surface area contributed by atoms with Gasteiger partial charge in [0.15, 0.2) is 0 Å². The third kappa shape index (κ3) is 30.4. The molecule has 0 fully saturated rings. The first-order valence-corrected chi connectivity index (χ1v) is 58.6. The fourth-order valence-electron chi connectivity index (χ4n) is 15.1. The zero-order valence-corrected chi connectivity index (χ0v) is 83.9. The third-order valence-corrected chi connectivity index (χ3v) is 31.2. The standard InChI is InChI=1S/4C16H20Si.C15H16.3C14H14/c1-13-6-5-7-15(12-13)14-8-10-16(11-9-14)17(2,3)4;1-13-10-15(14-8-6-5-7-9-14)12-16(11-13)17(2,3)4;1-13-10-11-15(17(2,3)4)12-16(13)14-8-6-5-7-9-14;1-13-10-11-15(12-16(13)17(2,3)4)14-8-6-5-7-9-14;1-11-9-15(10-12(2)13(11)3)14-7-5-4-6-8-14;1-11-8-12(2)10-14(9-11)13-6-4-3-5-7-13;1-11-8-9-14(10-12(11)2)13-6-4-3-5-7-13;1-11-8-9-12(2)14(10-11)13-6-4-3-5-7-13/h4*5-12H,1-4H3;4-10H,1-3H3;3*3-10H,1-2H3. The van der Waals surface area contributed by atoms with Crippen molar-refractivity contribution in [2.24, 2.45) is 0 Å². The molecule has 0 bridgehead atoms. The molecule has 0 nitrogen and oxygen atoms in total. The molecule has 0 unspecified atom stereocenters. The second-order valence-electron chi connectivity index (χ2n) is 37.9. The van der Waals surface area contributed by atoms with Gasteiger partial charge in [0.1, 0.15) is 0 Å². The Balaban J connectivity index is 0.000000162. The van der Waals surface area contributed by atoms with Crippen molar-refractivity contribution in [2.45, 2.75) is 169 Å². The van der Waals surface area contributed by atoms with E-state index < -0.39 is 32.3 Å². The first-order chi connectivity index (χ1) is 59.4. The highest BCUT2D eigenvalue weighted by molar-refractivity contribution is 6.90. The summed E-state index contributed by atoms with van der Waals surface area (Å²) in [4.78, 5) is 0. The Bertz CT molecular complexity index is 5980. The van der Waals surface area contributed by atoms with Gasteiger partial charge in [0.05, 0.1) is 32.3 Å². The summed E-state index contributed by atoms with van der Waals surface area (Å²) in [5, 5.41) is 6.16. The molecule has 16 aromatic carbocycles. The molecule has 0 saturated carbocycles. The Morgan fingerprint density at radius 2 is 0.424 bits per heavy atom. The van der Waals surface area contributed by atoms with Crippen LogP contribution in [0.5, 0.6) is 0 Å². The van der Waals surface area contributed by atoms with E-state index in [0.29, 0.717) is 0 Å². The van der Waals surface area contributed by atoms with Crippen LogP contribution in [-0.4, -0.2) is 32.3 Å². The van der Waals surface area contributed by atoms with Crippen LogP contribution in [0, 0.1) is 90.0 Å². The average Bonchev–Trinajstić information content (AvgIpc) is 0.822. The molecule has 0 heterocycles. The summed E-state index contributed by atoms with van der Waals surface area (Å²) in [6.07, 6.45) is 0. The van der Waals surface area contributed by atoms with Crippen LogP contribution < -0.4 is 20.7 Å². The highest BCUT2D eigenvalue weighted by Crippen LogP contribution is 2.30. The van der Waals surface area contributed by atoms with E-state index in [1.807, 2.05) is 12.1 Å². The molecule has 0 amide bonds. The molecule has 0 N–H and O–H groups in total. The van der Waals surface area contributed by atoms with E-state index in [1.165, 1.54) is 177 Å². The molecular weight excluding hydrogens is 1570 g/mol. The maximum Gasteiger partial charge on any atom is 0.0779 e. The SMILES string of the molecule is Cc1cc(-c2ccccc2)cc(C)c1C.Cc1cc(-c2ccccc2)cc([Si](C)(C)C)c1.Cc1cc(C)cc(-c2ccccc2)c1.Cc1ccc(-c2ccccc2)cc1C.Cc1ccc(-c2ccccc2)cc1[Si](C)(C)C.Cc1ccc(C)c(-c2ccccc2)c1.Cc1ccc([Si](C)(C)C)cc1-c1ccccc1.Cc1cccc(-c2ccc([Si](C)(C)C)cc2)c1. The molecule has 0 spiro atoms. The smallest absolute Gasteiger partial charge is 0.0656 e. The molecule has 638 valence electrons. The van der Waals surface area contributed by atoms with Crippen LogP contribution in [0.4, 0.5) is 0 Å². The molecule has 0 atom stereocenters. The Morgan fingerprint density at radius 3 is 0.824 bits per heavy atom. The lowest BCUT2D eigenvalue weighted by Crippen LogP contribution is -2.39. The van der Waals surface area contributed by atoms with Crippen molar-refractivity contribution < 1.29 is 0 Å². The minimum Gasteiger partial charge on any atom is -0.0656 e. The van der Waals surface area contributed by atoms with Crippen molar-refractivity contribution >= 4 is 53.0 Å². The van der Waals surface area contributed by atoms with E-state index in [9.17, 15) is 0 Å². The van der Waals surface area contributed by atoms with Gasteiger partial charge in [0.25, 0.3) is 0 Å². The summed E-state index contributed by atoms with van der Waals surface area (Å²) in [5.74, 6) is 0. The van der Waals surface area contributed by atoms with Crippen LogP contribution in [-0.2, 0) is 0 Å². The zero-order chi connectivity index (χ0) is 90.6. The Hall–Kier alpha value is -11.6. The Kier molecular flexibility index (Phi) is 35.7. The van der Waals surface area contributed by atoms with Gasteiger partial charge in [0, 0.05) is 0 Å². The van der Waals surface area contributed by atoms with Gasteiger partial charge in [-0.1, -0.05) is 515 Å². The predicted octanol–water partition coefficient (Wildman–Crippen LogP) is 33.0. The van der Waals surface area contributed by atoms with Crippen molar-refractivity contribution in [2.75, 3.05) is 0 Å². The topological polar surface area (TPSA) is 0 Å². The minimum atomic E-state index is -1.24. The number of rotatable bonds is 12. The van der Waals surface area contributed by atoms with Crippen molar-refractivity contribution in [1.29, 1.82) is 0 Å². The van der Waals surface area contributed by atoms with Gasteiger partial charge in [0.2, 0.25) is 0 Å². The minimum absolute atomic E-state index is 1.17. The zero-order valence-electron chi connectivity index (χ0n) is 79.9. The summed E-state index contributed by atoms with van der Waals surface area (Å²) in [6.45, 7) is 56.9. The molecule has 0 radical (unpaired) electrons. The summed E-state index contributed by atoms with van der Waals surface area (Å²) >= 11 is 0. The Morgan fingerprint density at radius 1 is 0.136 bits per heavy atom. The monoisotopic (exact) mass is 1700 g/mol. The van der Waals surface area contributed by atoms with Crippen molar-refractivity contribution in [3.63, 3.8) is 0 Å². The highest BCUT2D eigenvalue weighted by Gasteiger charge is 2.22. The van der Waals surface area contributed by atoms with Gasteiger partial charge in [-0.3, -0.25) is 0 Å². The number of hydrogen-bond acceptors (Lipinski definition) is 0. The fraction of sp³-hybridized carbons (Fsp3) is 0.207. The van der Waals surface area contributed by atoms with E-state index in [1.54, 1.807) is 5.19 Å². The lowest BCUT2D eigenvalue weighted by atomic mass is 9.97. The van der Waals surface area contributed by atoms with Crippen molar-refractivity contribution in [3.8, 4) is 89.0 Å². The number of hydrogen-bond donors (Lipinski definition) is 0. The van der Waals surface area contributed by atoms with Crippen LogP contribution in [0.15, 0.2) is 382 Å². The average molecular weight is 1700 g/mol. The van der Waals surface area contributed by atoms with E-state index in [4.69, 9.17) is 0 Å². The maximum atomic E-state index is 2.41. The molecular formula is C121H138Si4. The first-order valence-electron chi connectivity index (χ1n) is 44.6. The quantitative estimate of drug-likeness (QED) is 0.107. The fourth-order valence-corrected chi connectivity index (χ4v) is 20.5. The van der Waals surface area contributed by atoms with Crippen LogP contribution in [0.25, 0.3) is 89.0 Å². The summed E-state index contributed by atoms with van der Waals surface area (Å²) in [7, 11) is -4.86. The van der Waals surface area contributed by atoms with Gasteiger partial charge in [-0.2, -0.15) is 0 Å². The van der Waals surface area contributed by atoms with Gasteiger partial charge in [-0.25, -0.2) is 0 Å². The lowest BCUT2D eigenvalue weighted by Gasteiger charge is -2.20.